The van der Waals surface area contributed by atoms with Crippen LogP contribution >= 0.6 is 0 Å². The van der Waals surface area contributed by atoms with Gasteiger partial charge in [-0.25, -0.2) is 0 Å². The van der Waals surface area contributed by atoms with Crippen molar-refractivity contribution in [3.63, 3.8) is 0 Å². The Bertz CT molecular complexity index is 816. The van der Waals surface area contributed by atoms with Crippen molar-refractivity contribution in [3.8, 4) is 0 Å². The van der Waals surface area contributed by atoms with E-state index >= 15 is 0 Å². The van der Waals surface area contributed by atoms with Gasteiger partial charge in [0.2, 0.25) is 11.8 Å². The molecule has 2 amide bonds. The van der Waals surface area contributed by atoms with E-state index in [1.807, 2.05) is 62.1 Å². The minimum atomic E-state index is -0.0352. The number of aryl methyl sites for hydroxylation is 3. The maximum Gasteiger partial charge on any atom is 0.227 e. The molecule has 4 nitrogen and oxygen atoms in total. The van der Waals surface area contributed by atoms with Crippen LogP contribution in [-0.2, 0) is 16.0 Å². The second-order valence-corrected chi connectivity index (χ2v) is 7.58. The Morgan fingerprint density at radius 3 is 2.26 bits per heavy atom. The largest absolute Gasteiger partial charge is 0.342 e. The number of likely N-dealkylation sites (tertiary alicyclic amines) is 1. The van der Waals surface area contributed by atoms with Crippen LogP contribution in [0.1, 0.15) is 35.1 Å². The Hall–Kier alpha value is -2.62. The Morgan fingerprint density at radius 1 is 1.00 bits per heavy atom. The fraction of sp³-hybridized carbons (Fsp3) is 0.391. The molecule has 0 bridgehead atoms. The number of para-hydroxylation sites is 1. The molecule has 2 aromatic rings. The molecule has 1 heterocycles. The minimum absolute atomic E-state index is 0.0352. The molecule has 27 heavy (non-hydrogen) atoms. The van der Waals surface area contributed by atoms with Gasteiger partial charge in [-0.2, -0.15) is 0 Å². The summed E-state index contributed by atoms with van der Waals surface area (Å²) in [5.74, 6) is 0.180. The lowest BCUT2D eigenvalue weighted by Crippen LogP contribution is -2.42. The van der Waals surface area contributed by atoms with Gasteiger partial charge in [-0.1, -0.05) is 48.0 Å². The summed E-state index contributed by atoms with van der Waals surface area (Å²) in [6, 6.07) is 14.1. The fourth-order valence-electron chi connectivity index (χ4n) is 3.74. The molecule has 0 aliphatic carbocycles. The van der Waals surface area contributed by atoms with E-state index in [2.05, 4.69) is 11.4 Å². The summed E-state index contributed by atoms with van der Waals surface area (Å²) < 4.78 is 0. The molecule has 1 fully saturated rings. The van der Waals surface area contributed by atoms with Crippen LogP contribution in [0.25, 0.3) is 0 Å². The Labute approximate surface area is 161 Å². The van der Waals surface area contributed by atoms with Gasteiger partial charge in [0, 0.05) is 24.7 Å². The van der Waals surface area contributed by atoms with E-state index < -0.39 is 0 Å². The predicted octanol–water partition coefficient (Wildman–Crippen LogP) is 4.03. The number of carbonyl (C=O) groups excluding carboxylic acids is 2. The minimum Gasteiger partial charge on any atom is -0.342 e. The number of nitrogens with one attached hydrogen (secondary N) is 1. The fourth-order valence-corrected chi connectivity index (χ4v) is 3.74. The quantitative estimate of drug-likeness (QED) is 0.890. The first-order valence-electron chi connectivity index (χ1n) is 9.64. The second-order valence-electron chi connectivity index (χ2n) is 7.58. The number of benzene rings is 2. The molecule has 142 valence electrons. The van der Waals surface area contributed by atoms with Crippen molar-refractivity contribution in [2.75, 3.05) is 18.4 Å². The average Bonchev–Trinajstić information content (AvgIpc) is 2.65. The van der Waals surface area contributed by atoms with Crippen LogP contribution < -0.4 is 5.32 Å². The molecule has 1 aliphatic heterocycles. The van der Waals surface area contributed by atoms with Crippen molar-refractivity contribution in [1.29, 1.82) is 0 Å². The number of nitrogens with zero attached hydrogens (tertiary/aromatic N) is 1. The molecule has 1 aliphatic rings. The van der Waals surface area contributed by atoms with Crippen molar-refractivity contribution in [2.45, 2.75) is 40.0 Å². The lowest BCUT2D eigenvalue weighted by molar-refractivity contribution is -0.133. The monoisotopic (exact) mass is 364 g/mol. The average molecular weight is 364 g/mol. The van der Waals surface area contributed by atoms with E-state index in [-0.39, 0.29) is 17.7 Å². The molecule has 3 rings (SSSR count). The lowest BCUT2D eigenvalue weighted by atomic mass is 9.95. The van der Waals surface area contributed by atoms with Crippen molar-refractivity contribution >= 4 is 17.5 Å². The van der Waals surface area contributed by atoms with Crippen molar-refractivity contribution in [2.24, 2.45) is 5.92 Å². The topological polar surface area (TPSA) is 49.4 Å². The van der Waals surface area contributed by atoms with E-state index in [1.165, 1.54) is 5.56 Å². The molecule has 0 atom stereocenters. The maximum atomic E-state index is 12.7. The highest BCUT2D eigenvalue weighted by molar-refractivity contribution is 5.94. The Kier molecular flexibility index (Phi) is 5.94. The lowest BCUT2D eigenvalue weighted by Gasteiger charge is -2.31. The van der Waals surface area contributed by atoms with E-state index in [9.17, 15) is 9.59 Å². The first-order chi connectivity index (χ1) is 12.9. The zero-order valence-electron chi connectivity index (χ0n) is 16.4. The van der Waals surface area contributed by atoms with Gasteiger partial charge >= 0.3 is 0 Å². The van der Waals surface area contributed by atoms with Gasteiger partial charge in [-0.3, -0.25) is 9.59 Å². The third-order valence-corrected chi connectivity index (χ3v) is 5.39. The van der Waals surface area contributed by atoms with Crippen LogP contribution in [-0.4, -0.2) is 29.8 Å². The van der Waals surface area contributed by atoms with Crippen molar-refractivity contribution in [3.05, 3.63) is 64.7 Å². The molecule has 4 heteroatoms. The zero-order chi connectivity index (χ0) is 19.4. The van der Waals surface area contributed by atoms with E-state index in [0.717, 1.165) is 35.2 Å². The van der Waals surface area contributed by atoms with E-state index in [1.54, 1.807) is 0 Å². The number of piperidine rings is 1. The first kappa shape index (κ1) is 19.2. The van der Waals surface area contributed by atoms with Gasteiger partial charge in [0.25, 0.3) is 0 Å². The molecular weight excluding hydrogens is 336 g/mol. The highest BCUT2D eigenvalue weighted by atomic mass is 16.2. The van der Waals surface area contributed by atoms with Gasteiger partial charge in [-0.05, 0) is 50.3 Å². The van der Waals surface area contributed by atoms with Crippen LogP contribution in [0.4, 0.5) is 5.69 Å². The highest BCUT2D eigenvalue weighted by Gasteiger charge is 2.27. The van der Waals surface area contributed by atoms with Gasteiger partial charge < -0.3 is 10.2 Å². The predicted molar refractivity (Wildman–Crippen MR) is 109 cm³/mol. The molecule has 2 aromatic carbocycles. The van der Waals surface area contributed by atoms with Crippen LogP contribution in [0.3, 0.4) is 0 Å². The van der Waals surface area contributed by atoms with Gasteiger partial charge in [-0.15, -0.1) is 0 Å². The van der Waals surface area contributed by atoms with Crippen LogP contribution in [0.15, 0.2) is 42.5 Å². The molecule has 1 N–H and O–H groups in total. The van der Waals surface area contributed by atoms with Gasteiger partial charge in [0.05, 0.1) is 6.42 Å². The van der Waals surface area contributed by atoms with Crippen LogP contribution in [0.2, 0.25) is 0 Å². The molecule has 0 saturated carbocycles. The second kappa shape index (κ2) is 8.38. The normalized spacial score (nSPS) is 14.9. The number of rotatable bonds is 4. The number of hydrogen-bond acceptors (Lipinski definition) is 2. The Morgan fingerprint density at radius 2 is 1.63 bits per heavy atom. The molecule has 0 spiro atoms. The number of anilines is 1. The highest BCUT2D eigenvalue weighted by Crippen LogP contribution is 2.24. The number of amides is 2. The SMILES string of the molecule is Cc1cccc(CC(=O)N2CCC(C(=O)Nc3c(C)cccc3C)CC2)c1. The third-order valence-electron chi connectivity index (χ3n) is 5.39. The number of carbonyl (C=O) groups is 2. The molecular formula is C23H28N2O2. The summed E-state index contributed by atoms with van der Waals surface area (Å²) in [7, 11) is 0. The molecule has 0 radical (unpaired) electrons. The summed E-state index contributed by atoms with van der Waals surface area (Å²) in [4.78, 5) is 27.1. The van der Waals surface area contributed by atoms with Crippen LogP contribution in [0, 0.1) is 26.7 Å². The molecule has 1 saturated heterocycles. The van der Waals surface area contributed by atoms with Crippen molar-refractivity contribution in [1.82, 2.24) is 4.90 Å². The van der Waals surface area contributed by atoms with Crippen LogP contribution in [0.5, 0.6) is 0 Å². The number of hydrogen-bond donors (Lipinski definition) is 1. The summed E-state index contributed by atoms with van der Waals surface area (Å²) in [6.45, 7) is 7.35. The summed E-state index contributed by atoms with van der Waals surface area (Å²) >= 11 is 0. The molecule has 0 aromatic heterocycles. The summed E-state index contributed by atoms with van der Waals surface area (Å²) in [6.07, 6.45) is 1.87. The summed E-state index contributed by atoms with van der Waals surface area (Å²) in [5.41, 5.74) is 5.29. The molecule has 0 unspecified atom stereocenters. The zero-order valence-corrected chi connectivity index (χ0v) is 16.4. The third kappa shape index (κ3) is 4.76. The Balaban J connectivity index is 1.53. The van der Waals surface area contributed by atoms with Gasteiger partial charge in [0.1, 0.15) is 0 Å². The first-order valence-corrected chi connectivity index (χ1v) is 9.64. The van der Waals surface area contributed by atoms with Crippen molar-refractivity contribution < 1.29 is 9.59 Å². The maximum absolute atomic E-state index is 12.7. The van der Waals surface area contributed by atoms with E-state index in [0.29, 0.717) is 19.5 Å². The van der Waals surface area contributed by atoms with Gasteiger partial charge in [0.15, 0.2) is 0 Å². The van der Waals surface area contributed by atoms with E-state index in [4.69, 9.17) is 0 Å². The smallest absolute Gasteiger partial charge is 0.227 e. The summed E-state index contributed by atoms with van der Waals surface area (Å²) in [5, 5.41) is 3.10. The standard InChI is InChI=1S/C23H28N2O2/c1-16-6-4-9-19(14-16)15-21(26)25-12-10-20(11-13-25)23(27)24-22-17(2)7-5-8-18(22)3/h4-9,14,20H,10-13,15H2,1-3H3,(H,24,27).